The Hall–Kier alpha value is -3.98. The minimum Gasteiger partial charge on any atom is -0.382 e. The first-order valence-electron chi connectivity index (χ1n) is 9.44. The van der Waals surface area contributed by atoms with Crippen LogP contribution in [0.4, 0.5) is 5.82 Å². The molecule has 4 aromatic rings. The van der Waals surface area contributed by atoms with E-state index in [0.29, 0.717) is 17.4 Å². The highest BCUT2D eigenvalue weighted by molar-refractivity contribution is 5.45. The van der Waals surface area contributed by atoms with Crippen molar-refractivity contribution >= 4 is 5.82 Å². The minimum absolute atomic E-state index is 0.354. The van der Waals surface area contributed by atoms with Crippen molar-refractivity contribution in [3.8, 4) is 17.5 Å². The Morgan fingerprint density at radius 1 is 1.00 bits per heavy atom. The molecule has 1 aliphatic carbocycles. The van der Waals surface area contributed by atoms with Gasteiger partial charge in [-0.05, 0) is 36.0 Å². The second-order valence-electron chi connectivity index (χ2n) is 6.99. The number of benzene rings is 1. The van der Waals surface area contributed by atoms with Gasteiger partial charge in [0, 0.05) is 23.9 Å². The molecule has 2 N–H and O–H groups in total. The van der Waals surface area contributed by atoms with Crippen LogP contribution in [0.2, 0.25) is 0 Å². The number of rotatable bonds is 2. The van der Waals surface area contributed by atoms with Gasteiger partial charge < -0.3 is 5.73 Å². The molecule has 0 bridgehead atoms. The van der Waals surface area contributed by atoms with E-state index in [1.807, 2.05) is 16.8 Å². The van der Waals surface area contributed by atoms with E-state index in [2.05, 4.69) is 57.3 Å². The van der Waals surface area contributed by atoms with Crippen LogP contribution in [0.5, 0.6) is 0 Å². The van der Waals surface area contributed by atoms with Gasteiger partial charge in [-0.1, -0.05) is 36.3 Å². The molecule has 1 aromatic carbocycles. The van der Waals surface area contributed by atoms with Gasteiger partial charge in [-0.2, -0.15) is 5.10 Å². The van der Waals surface area contributed by atoms with E-state index in [1.54, 1.807) is 18.6 Å². The lowest BCUT2D eigenvalue weighted by molar-refractivity contribution is 0.725. The van der Waals surface area contributed by atoms with Gasteiger partial charge in [-0.3, -0.25) is 4.98 Å². The van der Waals surface area contributed by atoms with Crippen molar-refractivity contribution in [2.45, 2.75) is 18.8 Å². The number of pyridine rings is 1. The topological polar surface area (TPSA) is 82.5 Å². The lowest BCUT2D eigenvalue weighted by atomic mass is 9.97. The van der Waals surface area contributed by atoms with Gasteiger partial charge in [-0.15, -0.1) is 0 Å². The molecule has 140 valence electrons. The van der Waals surface area contributed by atoms with E-state index in [9.17, 15) is 0 Å². The third kappa shape index (κ3) is 3.46. The standard InChI is InChI=1S/C23H18N6/c24-22-14-26-19(12-27-22)8-6-16-10-20(13-25-11-16)29-15-18-7-9-21(23(18)28-29)17-4-2-1-3-5-17/h1-5,10-15,21H,7,9H2,(H2,24,27). The van der Waals surface area contributed by atoms with Gasteiger partial charge >= 0.3 is 0 Å². The lowest BCUT2D eigenvalue weighted by Crippen LogP contribution is -2.02. The van der Waals surface area contributed by atoms with Gasteiger partial charge in [0.05, 0.1) is 30.0 Å². The summed E-state index contributed by atoms with van der Waals surface area (Å²) in [6, 6.07) is 12.5. The maximum atomic E-state index is 5.55. The molecule has 29 heavy (non-hydrogen) atoms. The molecule has 0 radical (unpaired) electrons. The van der Waals surface area contributed by atoms with E-state index in [-0.39, 0.29) is 0 Å². The SMILES string of the molecule is Nc1cnc(C#Cc2cncc(-n3cc4c(n3)C(c3ccccc3)CC4)c2)cn1. The lowest BCUT2D eigenvalue weighted by Gasteiger charge is -2.09. The molecule has 6 heteroatoms. The van der Waals surface area contributed by atoms with Gasteiger partial charge in [0.25, 0.3) is 0 Å². The van der Waals surface area contributed by atoms with Crippen molar-refractivity contribution in [3.63, 3.8) is 0 Å². The second kappa shape index (κ2) is 7.21. The average molecular weight is 378 g/mol. The molecule has 1 unspecified atom stereocenters. The summed E-state index contributed by atoms with van der Waals surface area (Å²) >= 11 is 0. The van der Waals surface area contributed by atoms with E-state index in [1.165, 1.54) is 17.3 Å². The molecule has 0 saturated heterocycles. The van der Waals surface area contributed by atoms with Crippen molar-refractivity contribution in [1.29, 1.82) is 0 Å². The molecule has 0 amide bonds. The van der Waals surface area contributed by atoms with Gasteiger partial charge in [0.15, 0.2) is 0 Å². The largest absolute Gasteiger partial charge is 0.382 e. The van der Waals surface area contributed by atoms with E-state index in [0.717, 1.165) is 29.8 Å². The van der Waals surface area contributed by atoms with Crippen LogP contribution in [-0.2, 0) is 6.42 Å². The molecule has 5 rings (SSSR count). The van der Waals surface area contributed by atoms with Crippen LogP contribution in [0.3, 0.4) is 0 Å². The van der Waals surface area contributed by atoms with Crippen molar-refractivity contribution in [2.24, 2.45) is 0 Å². The van der Waals surface area contributed by atoms with Crippen LogP contribution in [-0.4, -0.2) is 24.7 Å². The highest BCUT2D eigenvalue weighted by atomic mass is 15.3. The van der Waals surface area contributed by atoms with Gasteiger partial charge in [0.2, 0.25) is 0 Å². The molecule has 3 aromatic heterocycles. The van der Waals surface area contributed by atoms with Gasteiger partial charge in [-0.25, -0.2) is 14.6 Å². The summed E-state index contributed by atoms with van der Waals surface area (Å²) in [6.07, 6.45) is 10.8. The van der Waals surface area contributed by atoms with Crippen LogP contribution < -0.4 is 5.73 Å². The maximum Gasteiger partial charge on any atom is 0.141 e. The van der Waals surface area contributed by atoms with Crippen LogP contribution in [0.1, 0.15) is 40.4 Å². The number of hydrogen-bond acceptors (Lipinski definition) is 5. The predicted octanol–water partition coefficient (Wildman–Crippen LogP) is 3.12. The number of hydrogen-bond donors (Lipinski definition) is 1. The second-order valence-corrected chi connectivity index (χ2v) is 6.99. The summed E-state index contributed by atoms with van der Waals surface area (Å²) in [5, 5.41) is 4.88. The fourth-order valence-electron chi connectivity index (χ4n) is 3.65. The average Bonchev–Trinajstić information content (AvgIpc) is 3.35. The van der Waals surface area contributed by atoms with Crippen LogP contribution in [0, 0.1) is 11.8 Å². The van der Waals surface area contributed by atoms with Crippen molar-refractivity contribution in [1.82, 2.24) is 24.7 Å². The number of fused-ring (bicyclic) bond motifs is 1. The highest BCUT2D eigenvalue weighted by Crippen LogP contribution is 2.37. The first-order valence-corrected chi connectivity index (χ1v) is 9.44. The summed E-state index contributed by atoms with van der Waals surface area (Å²) in [6.45, 7) is 0. The fourth-order valence-corrected chi connectivity index (χ4v) is 3.65. The van der Waals surface area contributed by atoms with E-state index >= 15 is 0 Å². The number of nitrogens with two attached hydrogens (primary N) is 1. The zero-order chi connectivity index (χ0) is 19.6. The smallest absolute Gasteiger partial charge is 0.141 e. The molecule has 0 spiro atoms. The highest BCUT2D eigenvalue weighted by Gasteiger charge is 2.27. The molecule has 6 nitrogen and oxygen atoms in total. The van der Waals surface area contributed by atoms with Crippen molar-refractivity contribution in [3.05, 3.63) is 95.5 Å². The Morgan fingerprint density at radius 2 is 1.90 bits per heavy atom. The first-order chi connectivity index (χ1) is 14.3. The molecular weight excluding hydrogens is 360 g/mol. The number of aryl methyl sites for hydroxylation is 1. The Morgan fingerprint density at radius 3 is 2.72 bits per heavy atom. The summed E-state index contributed by atoms with van der Waals surface area (Å²) in [4.78, 5) is 12.5. The molecular formula is C23H18N6. The Bertz CT molecular complexity index is 1220. The van der Waals surface area contributed by atoms with Crippen molar-refractivity contribution in [2.75, 3.05) is 5.73 Å². The maximum absolute atomic E-state index is 5.55. The summed E-state index contributed by atoms with van der Waals surface area (Å²) in [5.41, 5.74) is 11.6. The molecule has 0 aliphatic heterocycles. The zero-order valence-corrected chi connectivity index (χ0v) is 15.7. The Balaban J connectivity index is 1.43. The number of nitrogens with zero attached hydrogens (tertiary/aromatic N) is 5. The van der Waals surface area contributed by atoms with E-state index in [4.69, 9.17) is 10.8 Å². The predicted molar refractivity (Wildman–Crippen MR) is 110 cm³/mol. The summed E-state index contributed by atoms with van der Waals surface area (Å²) < 4.78 is 1.90. The monoisotopic (exact) mass is 378 g/mol. The third-order valence-corrected chi connectivity index (χ3v) is 5.05. The minimum atomic E-state index is 0.354. The summed E-state index contributed by atoms with van der Waals surface area (Å²) in [7, 11) is 0. The Labute approximate surface area is 168 Å². The van der Waals surface area contributed by atoms with Crippen LogP contribution in [0.15, 0.2) is 67.4 Å². The van der Waals surface area contributed by atoms with Gasteiger partial charge in [0.1, 0.15) is 11.5 Å². The Kier molecular flexibility index (Phi) is 4.26. The molecule has 1 atom stereocenters. The zero-order valence-electron chi connectivity index (χ0n) is 15.7. The van der Waals surface area contributed by atoms with Crippen LogP contribution in [0.25, 0.3) is 5.69 Å². The molecule has 0 fully saturated rings. The number of nitrogen functional groups attached to an aromatic ring is 1. The number of aromatic nitrogens is 5. The van der Waals surface area contributed by atoms with Crippen LogP contribution >= 0.6 is 0 Å². The van der Waals surface area contributed by atoms with E-state index < -0.39 is 0 Å². The fraction of sp³-hybridized carbons (Fsp3) is 0.130. The quantitative estimate of drug-likeness (QED) is 0.542. The summed E-state index contributed by atoms with van der Waals surface area (Å²) in [5.74, 6) is 6.79. The molecule has 0 saturated carbocycles. The normalized spacial score (nSPS) is 14.8. The molecule has 3 heterocycles. The molecule has 1 aliphatic rings. The first kappa shape index (κ1) is 17.1. The third-order valence-electron chi connectivity index (χ3n) is 5.05. The number of anilines is 1. The van der Waals surface area contributed by atoms with Crippen molar-refractivity contribution < 1.29 is 0 Å².